The van der Waals surface area contributed by atoms with Crippen molar-refractivity contribution in [1.82, 2.24) is 10.3 Å². The molecule has 1 atom stereocenters. The smallest absolute Gasteiger partial charge is 0.123 e. The summed E-state index contributed by atoms with van der Waals surface area (Å²) >= 11 is 0. The van der Waals surface area contributed by atoms with Gasteiger partial charge in [-0.15, -0.1) is 0 Å². The minimum Gasteiger partial charge on any atom is -0.492 e. The standard InChI is InChI=1S/C16H21N3O/c1-2-18-14(10-13-8-9-19-16(17)11-13)12-20-15-6-4-3-5-7-15/h3-9,11,14,18H,2,10,12H2,1H3,(H2,17,19). The highest BCUT2D eigenvalue weighted by atomic mass is 16.5. The number of hydrogen-bond donors (Lipinski definition) is 2. The molecule has 2 aromatic rings. The van der Waals surface area contributed by atoms with E-state index in [0.29, 0.717) is 12.4 Å². The second-order valence-corrected chi connectivity index (χ2v) is 4.67. The molecule has 0 bridgehead atoms. The lowest BCUT2D eigenvalue weighted by Crippen LogP contribution is -2.36. The fraction of sp³-hybridized carbons (Fsp3) is 0.312. The SMILES string of the molecule is CCNC(COc1ccccc1)Cc1ccnc(N)c1. The van der Waals surface area contributed by atoms with Gasteiger partial charge in [0.05, 0.1) is 0 Å². The molecule has 1 heterocycles. The van der Waals surface area contributed by atoms with Gasteiger partial charge in [-0.1, -0.05) is 25.1 Å². The van der Waals surface area contributed by atoms with E-state index in [1.54, 1.807) is 6.20 Å². The molecule has 1 aromatic heterocycles. The van der Waals surface area contributed by atoms with Gasteiger partial charge in [-0.05, 0) is 42.8 Å². The Labute approximate surface area is 120 Å². The Balaban J connectivity index is 1.93. The summed E-state index contributed by atoms with van der Waals surface area (Å²) < 4.78 is 5.81. The summed E-state index contributed by atoms with van der Waals surface area (Å²) in [5.74, 6) is 1.45. The summed E-state index contributed by atoms with van der Waals surface area (Å²) in [6, 6.07) is 14.0. The minimum atomic E-state index is 0.252. The van der Waals surface area contributed by atoms with E-state index in [1.807, 2.05) is 42.5 Å². The molecule has 0 amide bonds. The number of benzene rings is 1. The normalized spacial score (nSPS) is 12.1. The monoisotopic (exact) mass is 271 g/mol. The first kappa shape index (κ1) is 14.3. The molecule has 106 valence electrons. The average molecular weight is 271 g/mol. The molecule has 0 spiro atoms. The van der Waals surface area contributed by atoms with E-state index >= 15 is 0 Å². The van der Waals surface area contributed by atoms with Crippen LogP contribution in [0, 0.1) is 0 Å². The zero-order valence-corrected chi connectivity index (χ0v) is 11.8. The van der Waals surface area contributed by atoms with Crippen molar-refractivity contribution < 1.29 is 4.74 Å². The lowest BCUT2D eigenvalue weighted by molar-refractivity contribution is 0.265. The molecule has 4 nitrogen and oxygen atoms in total. The third kappa shape index (κ3) is 4.55. The first-order valence-corrected chi connectivity index (χ1v) is 6.89. The van der Waals surface area contributed by atoms with Crippen molar-refractivity contribution in [2.75, 3.05) is 18.9 Å². The van der Waals surface area contributed by atoms with Crippen molar-refractivity contribution in [3.63, 3.8) is 0 Å². The van der Waals surface area contributed by atoms with E-state index in [-0.39, 0.29) is 6.04 Å². The summed E-state index contributed by atoms with van der Waals surface area (Å²) in [4.78, 5) is 4.01. The summed E-state index contributed by atoms with van der Waals surface area (Å²) in [6.45, 7) is 3.62. The number of anilines is 1. The van der Waals surface area contributed by atoms with Gasteiger partial charge in [0.1, 0.15) is 18.2 Å². The number of nitrogens with one attached hydrogen (secondary N) is 1. The Morgan fingerprint density at radius 1 is 1.25 bits per heavy atom. The highest BCUT2D eigenvalue weighted by molar-refractivity contribution is 5.32. The van der Waals surface area contributed by atoms with Crippen molar-refractivity contribution in [2.24, 2.45) is 0 Å². The Kier molecular flexibility index (Phi) is 5.38. The summed E-state index contributed by atoms with van der Waals surface area (Å²) in [5.41, 5.74) is 6.88. The van der Waals surface area contributed by atoms with Crippen LogP contribution < -0.4 is 15.8 Å². The molecule has 0 aliphatic carbocycles. The van der Waals surface area contributed by atoms with Crippen LogP contribution in [0.4, 0.5) is 5.82 Å². The van der Waals surface area contributed by atoms with E-state index < -0.39 is 0 Å². The number of hydrogen-bond acceptors (Lipinski definition) is 4. The fourth-order valence-electron chi connectivity index (χ4n) is 2.10. The number of likely N-dealkylation sites (N-methyl/N-ethyl adjacent to an activating group) is 1. The minimum absolute atomic E-state index is 0.252. The van der Waals surface area contributed by atoms with Crippen molar-refractivity contribution in [1.29, 1.82) is 0 Å². The van der Waals surface area contributed by atoms with Gasteiger partial charge in [-0.2, -0.15) is 0 Å². The van der Waals surface area contributed by atoms with Crippen molar-refractivity contribution >= 4 is 5.82 Å². The van der Waals surface area contributed by atoms with Crippen molar-refractivity contribution in [3.05, 3.63) is 54.2 Å². The predicted molar refractivity (Wildman–Crippen MR) is 81.8 cm³/mol. The third-order valence-electron chi connectivity index (χ3n) is 3.01. The summed E-state index contributed by atoms with van der Waals surface area (Å²) in [7, 11) is 0. The van der Waals surface area contributed by atoms with E-state index in [9.17, 15) is 0 Å². The van der Waals surface area contributed by atoms with Gasteiger partial charge in [-0.25, -0.2) is 4.98 Å². The molecule has 20 heavy (non-hydrogen) atoms. The van der Waals surface area contributed by atoms with Crippen molar-refractivity contribution in [3.8, 4) is 5.75 Å². The molecule has 0 aliphatic heterocycles. The summed E-state index contributed by atoms with van der Waals surface area (Å²) in [6.07, 6.45) is 2.61. The number of ether oxygens (including phenoxy) is 1. The number of para-hydroxylation sites is 1. The number of nitrogens with two attached hydrogens (primary N) is 1. The Morgan fingerprint density at radius 3 is 2.75 bits per heavy atom. The molecular weight excluding hydrogens is 250 g/mol. The maximum atomic E-state index is 5.81. The van der Waals surface area contributed by atoms with Crippen LogP contribution in [0.3, 0.4) is 0 Å². The van der Waals surface area contributed by atoms with Gasteiger partial charge in [-0.3, -0.25) is 0 Å². The first-order valence-electron chi connectivity index (χ1n) is 6.89. The predicted octanol–water partition coefficient (Wildman–Crippen LogP) is 2.26. The van der Waals surface area contributed by atoms with Crippen LogP contribution in [-0.2, 0) is 6.42 Å². The lowest BCUT2D eigenvalue weighted by Gasteiger charge is -2.18. The second-order valence-electron chi connectivity index (χ2n) is 4.67. The van der Waals surface area contributed by atoms with Crippen molar-refractivity contribution in [2.45, 2.75) is 19.4 Å². The van der Waals surface area contributed by atoms with E-state index in [1.165, 1.54) is 5.56 Å². The molecular formula is C16H21N3O. The number of nitrogens with zero attached hydrogens (tertiary/aromatic N) is 1. The van der Waals surface area contributed by atoms with E-state index in [2.05, 4.69) is 17.2 Å². The molecule has 0 saturated heterocycles. The van der Waals surface area contributed by atoms with E-state index in [4.69, 9.17) is 10.5 Å². The van der Waals surface area contributed by atoms with Crippen LogP contribution in [0.15, 0.2) is 48.7 Å². The highest BCUT2D eigenvalue weighted by Crippen LogP contribution is 2.11. The Hall–Kier alpha value is -2.07. The maximum Gasteiger partial charge on any atom is 0.123 e. The number of pyridine rings is 1. The molecule has 0 saturated carbocycles. The largest absolute Gasteiger partial charge is 0.492 e. The van der Waals surface area contributed by atoms with Crippen LogP contribution >= 0.6 is 0 Å². The number of rotatable bonds is 7. The molecule has 0 radical (unpaired) electrons. The van der Waals surface area contributed by atoms with Gasteiger partial charge in [0.15, 0.2) is 0 Å². The van der Waals surface area contributed by atoms with Crippen LogP contribution in [0.5, 0.6) is 5.75 Å². The second kappa shape index (κ2) is 7.50. The molecule has 1 unspecified atom stereocenters. The molecule has 0 fully saturated rings. The Morgan fingerprint density at radius 2 is 2.05 bits per heavy atom. The molecule has 1 aromatic carbocycles. The third-order valence-corrected chi connectivity index (χ3v) is 3.01. The van der Waals surface area contributed by atoms with Crippen LogP contribution in [-0.4, -0.2) is 24.2 Å². The van der Waals surface area contributed by atoms with Crippen LogP contribution in [0.2, 0.25) is 0 Å². The average Bonchev–Trinajstić information content (AvgIpc) is 2.46. The highest BCUT2D eigenvalue weighted by Gasteiger charge is 2.10. The van der Waals surface area contributed by atoms with Gasteiger partial charge < -0.3 is 15.8 Å². The zero-order valence-electron chi connectivity index (χ0n) is 11.8. The fourth-order valence-corrected chi connectivity index (χ4v) is 2.10. The summed E-state index contributed by atoms with van der Waals surface area (Å²) in [5, 5.41) is 3.43. The van der Waals surface area contributed by atoms with Crippen LogP contribution in [0.25, 0.3) is 0 Å². The number of aromatic nitrogens is 1. The van der Waals surface area contributed by atoms with E-state index in [0.717, 1.165) is 18.7 Å². The first-order chi connectivity index (χ1) is 9.78. The van der Waals surface area contributed by atoms with Crippen LogP contribution in [0.1, 0.15) is 12.5 Å². The van der Waals surface area contributed by atoms with Gasteiger partial charge in [0.2, 0.25) is 0 Å². The maximum absolute atomic E-state index is 5.81. The van der Waals surface area contributed by atoms with Gasteiger partial charge in [0.25, 0.3) is 0 Å². The molecule has 3 N–H and O–H groups in total. The topological polar surface area (TPSA) is 60.2 Å². The number of nitrogen functional groups attached to an aromatic ring is 1. The molecule has 0 aliphatic rings. The Bertz CT molecular complexity index is 516. The quantitative estimate of drug-likeness (QED) is 0.811. The lowest BCUT2D eigenvalue weighted by atomic mass is 10.1. The molecule has 4 heteroatoms. The van der Waals surface area contributed by atoms with Gasteiger partial charge >= 0.3 is 0 Å². The van der Waals surface area contributed by atoms with Gasteiger partial charge in [0, 0.05) is 12.2 Å². The molecule has 2 rings (SSSR count). The zero-order chi connectivity index (χ0) is 14.2.